The quantitative estimate of drug-likeness (QED) is 0.339. The molecule has 10 heteroatoms. The van der Waals surface area contributed by atoms with E-state index in [1.807, 2.05) is 49.4 Å². The molecule has 3 saturated heterocycles. The molecule has 2 aromatic rings. The highest BCUT2D eigenvalue weighted by Gasteiger charge is 2.76. The van der Waals surface area contributed by atoms with E-state index in [9.17, 15) is 19.5 Å². The minimum Gasteiger partial charge on any atom is -0.494 e. The predicted octanol–water partition coefficient (Wildman–Crippen LogP) is 4.67. The molecule has 42 heavy (non-hydrogen) atoms. The van der Waals surface area contributed by atoms with Crippen LogP contribution in [-0.2, 0) is 14.4 Å². The lowest BCUT2D eigenvalue weighted by Gasteiger charge is -2.38. The van der Waals surface area contributed by atoms with Gasteiger partial charge in [0.2, 0.25) is 17.7 Å². The molecule has 1 aliphatic carbocycles. The van der Waals surface area contributed by atoms with Gasteiger partial charge in [-0.05, 0) is 56.0 Å². The number of rotatable bonds is 9. The Hall–Kier alpha value is -2.56. The Morgan fingerprint density at radius 2 is 1.81 bits per heavy atom. The summed E-state index contributed by atoms with van der Waals surface area (Å²) in [6, 6.07) is 15.2. The number of anilines is 1. The van der Waals surface area contributed by atoms with Crippen LogP contribution in [0, 0.1) is 11.8 Å². The number of hydrogen-bond acceptors (Lipinski definition) is 6. The minimum absolute atomic E-state index is 0.0307. The summed E-state index contributed by atoms with van der Waals surface area (Å²) in [4.78, 5) is 44.4. The summed E-state index contributed by atoms with van der Waals surface area (Å²) in [6.45, 7) is 2.15. The first-order valence-corrected chi connectivity index (χ1v) is 16.8. The van der Waals surface area contributed by atoms with Crippen molar-refractivity contribution in [3.8, 4) is 5.75 Å². The van der Waals surface area contributed by atoms with Gasteiger partial charge >= 0.3 is 0 Å². The van der Waals surface area contributed by atoms with Crippen LogP contribution in [0.1, 0.15) is 57.1 Å². The molecule has 224 valence electrons. The number of amides is 3. The molecular formula is C32H38BrN3O5S. The van der Waals surface area contributed by atoms with Crippen molar-refractivity contribution in [3.05, 3.63) is 60.2 Å². The highest BCUT2D eigenvalue weighted by Crippen LogP contribution is 2.68. The third-order valence-corrected chi connectivity index (χ3v) is 12.6. The lowest BCUT2D eigenvalue weighted by atomic mass is 9.70. The van der Waals surface area contributed by atoms with Gasteiger partial charge in [-0.2, -0.15) is 0 Å². The van der Waals surface area contributed by atoms with Gasteiger partial charge in [-0.15, -0.1) is 11.8 Å². The summed E-state index contributed by atoms with van der Waals surface area (Å²) in [5.41, 5.74) is 1.40. The molecule has 3 heterocycles. The molecule has 2 aromatic carbocycles. The summed E-state index contributed by atoms with van der Waals surface area (Å²) < 4.78 is 4.75. The zero-order valence-corrected chi connectivity index (χ0v) is 26.1. The van der Waals surface area contributed by atoms with Gasteiger partial charge in [0.25, 0.3) is 0 Å². The van der Waals surface area contributed by atoms with E-state index in [1.165, 1.54) is 6.42 Å². The van der Waals surface area contributed by atoms with E-state index in [0.29, 0.717) is 18.7 Å². The number of likely N-dealkylation sites (tertiary alicyclic amines) is 1. The Bertz CT molecular complexity index is 1310. The number of halogens is 1. The number of carbonyl (C=O) groups is 3. The van der Waals surface area contributed by atoms with E-state index in [4.69, 9.17) is 4.74 Å². The first kappa shape index (κ1) is 29.5. The van der Waals surface area contributed by atoms with Crippen molar-refractivity contribution >= 4 is 51.1 Å². The van der Waals surface area contributed by atoms with Gasteiger partial charge in [-0.25, -0.2) is 0 Å². The summed E-state index contributed by atoms with van der Waals surface area (Å²) in [5.74, 6) is -1.22. The molecule has 1 saturated carbocycles. The van der Waals surface area contributed by atoms with Crippen LogP contribution in [0.15, 0.2) is 54.6 Å². The molecule has 1 spiro atoms. The largest absolute Gasteiger partial charge is 0.494 e. The monoisotopic (exact) mass is 655 g/mol. The van der Waals surface area contributed by atoms with E-state index < -0.39 is 28.7 Å². The maximum Gasteiger partial charge on any atom is 0.244 e. The lowest BCUT2D eigenvalue weighted by Crippen LogP contribution is -2.57. The summed E-state index contributed by atoms with van der Waals surface area (Å²) in [7, 11) is 0. The van der Waals surface area contributed by atoms with Gasteiger partial charge in [0.1, 0.15) is 11.8 Å². The van der Waals surface area contributed by atoms with Crippen LogP contribution in [-0.4, -0.2) is 67.8 Å². The van der Waals surface area contributed by atoms with E-state index in [2.05, 4.69) is 26.6 Å². The molecular weight excluding hydrogens is 618 g/mol. The van der Waals surface area contributed by atoms with Crippen molar-refractivity contribution in [2.24, 2.45) is 11.8 Å². The van der Waals surface area contributed by atoms with Crippen LogP contribution >= 0.6 is 27.7 Å². The van der Waals surface area contributed by atoms with E-state index in [1.54, 1.807) is 28.8 Å². The van der Waals surface area contributed by atoms with Gasteiger partial charge in [-0.1, -0.05) is 65.5 Å². The van der Waals surface area contributed by atoms with Crippen molar-refractivity contribution in [2.75, 3.05) is 18.5 Å². The molecule has 3 N–H and O–H groups in total. The molecule has 0 aromatic heterocycles. The van der Waals surface area contributed by atoms with Crippen LogP contribution in [0.3, 0.4) is 0 Å². The highest BCUT2D eigenvalue weighted by atomic mass is 79.9. The molecule has 8 nitrogen and oxygen atoms in total. The number of aliphatic hydroxyl groups is 1. The summed E-state index contributed by atoms with van der Waals surface area (Å²) in [5, 5.41) is 16.8. The van der Waals surface area contributed by atoms with Gasteiger partial charge in [0.05, 0.1) is 35.8 Å². The highest BCUT2D eigenvalue weighted by molar-refractivity contribution is 9.09. The second kappa shape index (κ2) is 12.2. The SMILES string of the molecule is CCOc1ccc(NC(=O)[C@H]2[C@@H]3SC4(CC3Br)C(C(=O)NC3CCCCC3)N([C@H](CO)c3ccccc3)C(=O)[C@H]24)cc1. The third kappa shape index (κ3) is 5.13. The number of benzene rings is 2. The van der Waals surface area contributed by atoms with Crippen molar-refractivity contribution < 1.29 is 24.2 Å². The smallest absolute Gasteiger partial charge is 0.244 e. The number of alkyl halides is 1. The molecule has 3 amide bonds. The van der Waals surface area contributed by atoms with Crippen molar-refractivity contribution in [2.45, 2.75) is 78.4 Å². The molecule has 6 rings (SSSR count). The number of nitrogens with one attached hydrogen (secondary N) is 2. The maximum absolute atomic E-state index is 14.6. The average molecular weight is 657 g/mol. The molecule has 0 radical (unpaired) electrons. The van der Waals surface area contributed by atoms with Gasteiger partial charge in [0, 0.05) is 21.8 Å². The maximum atomic E-state index is 14.6. The van der Waals surface area contributed by atoms with Crippen LogP contribution in [0.4, 0.5) is 5.69 Å². The number of nitrogens with zero attached hydrogens (tertiary/aromatic N) is 1. The van der Waals surface area contributed by atoms with Crippen LogP contribution in [0.2, 0.25) is 0 Å². The van der Waals surface area contributed by atoms with E-state index >= 15 is 0 Å². The third-order valence-electron chi connectivity index (χ3n) is 9.36. The number of fused-ring (bicyclic) bond motifs is 1. The van der Waals surface area contributed by atoms with Crippen LogP contribution < -0.4 is 15.4 Å². The minimum atomic E-state index is -0.799. The topological polar surface area (TPSA) is 108 Å². The fourth-order valence-corrected chi connectivity index (χ4v) is 11.2. The average Bonchev–Trinajstić information content (AvgIpc) is 3.59. The van der Waals surface area contributed by atoms with E-state index in [-0.39, 0.29) is 40.4 Å². The summed E-state index contributed by atoms with van der Waals surface area (Å²) >= 11 is 5.44. The summed E-state index contributed by atoms with van der Waals surface area (Å²) in [6.07, 6.45) is 5.76. The number of aliphatic hydroxyl groups excluding tert-OH is 1. The second-order valence-corrected chi connectivity index (χ2v) is 14.5. The molecule has 2 bridgehead atoms. The van der Waals surface area contributed by atoms with E-state index in [0.717, 1.165) is 37.0 Å². The van der Waals surface area contributed by atoms with Crippen LogP contribution in [0.5, 0.6) is 5.75 Å². The first-order valence-electron chi connectivity index (χ1n) is 15.0. The Morgan fingerprint density at radius 3 is 2.48 bits per heavy atom. The van der Waals surface area contributed by atoms with Crippen molar-refractivity contribution in [1.82, 2.24) is 10.2 Å². The van der Waals surface area contributed by atoms with Gasteiger partial charge < -0.3 is 25.4 Å². The molecule has 3 aliphatic heterocycles. The zero-order chi connectivity index (χ0) is 29.4. The molecule has 4 aliphatic rings. The number of thioether (sulfide) groups is 1. The molecule has 7 atom stereocenters. The number of ether oxygens (including phenoxy) is 1. The predicted molar refractivity (Wildman–Crippen MR) is 167 cm³/mol. The Kier molecular flexibility index (Phi) is 8.58. The Balaban J connectivity index is 1.35. The standard InChI is InChI=1S/C32H38BrN3O5S/c1-2-41-22-15-13-21(14-16-22)34-29(38)25-26-31(40)36(24(18-37)19-9-5-3-6-10-19)28(32(26)17-23(33)27(25)42-32)30(39)35-20-11-7-4-8-12-20/h3,5-6,9-10,13-16,20,23-28,37H,2,4,7-8,11-12,17-18H2,1H3,(H,34,38)(H,35,39)/t23?,24-,25-,26+,27-,28?,32?/m1/s1. The Labute approximate surface area is 259 Å². The number of carbonyl (C=O) groups excluding carboxylic acids is 3. The van der Waals surface area contributed by atoms with Crippen LogP contribution in [0.25, 0.3) is 0 Å². The van der Waals surface area contributed by atoms with Gasteiger partial charge in [0.15, 0.2) is 0 Å². The van der Waals surface area contributed by atoms with Gasteiger partial charge in [-0.3, -0.25) is 14.4 Å². The fourth-order valence-electron chi connectivity index (χ4n) is 7.59. The second-order valence-electron chi connectivity index (χ2n) is 11.8. The molecule has 3 unspecified atom stereocenters. The Morgan fingerprint density at radius 1 is 1.10 bits per heavy atom. The first-order chi connectivity index (χ1) is 20.4. The van der Waals surface area contributed by atoms with Crippen molar-refractivity contribution in [1.29, 1.82) is 0 Å². The normalized spacial score (nSPS) is 31.1. The van der Waals surface area contributed by atoms with Crippen molar-refractivity contribution in [3.63, 3.8) is 0 Å². The lowest BCUT2D eigenvalue weighted by molar-refractivity contribution is -0.142. The zero-order valence-electron chi connectivity index (χ0n) is 23.7. The number of hydrogen-bond donors (Lipinski definition) is 3. The molecule has 4 fully saturated rings. The fraction of sp³-hybridized carbons (Fsp3) is 0.531.